The van der Waals surface area contributed by atoms with Gasteiger partial charge in [0.25, 0.3) is 0 Å². The SMILES string of the molecule is CCc1cccc(-c2cccc(O)c2CC)c1CC. The van der Waals surface area contributed by atoms with E-state index in [0.717, 1.165) is 24.8 Å². The predicted molar refractivity (Wildman–Crippen MR) is 81.7 cm³/mol. The first-order valence-electron chi connectivity index (χ1n) is 7.14. The third-order valence-electron chi connectivity index (χ3n) is 3.80. The van der Waals surface area contributed by atoms with Gasteiger partial charge in [-0.3, -0.25) is 0 Å². The quantitative estimate of drug-likeness (QED) is 0.835. The summed E-state index contributed by atoms with van der Waals surface area (Å²) < 4.78 is 0. The van der Waals surface area contributed by atoms with Crippen molar-refractivity contribution >= 4 is 0 Å². The molecule has 19 heavy (non-hydrogen) atoms. The highest BCUT2D eigenvalue weighted by Gasteiger charge is 2.12. The molecule has 0 aliphatic carbocycles. The summed E-state index contributed by atoms with van der Waals surface area (Å²) in [5.74, 6) is 0.406. The summed E-state index contributed by atoms with van der Waals surface area (Å²) >= 11 is 0. The van der Waals surface area contributed by atoms with E-state index in [1.807, 2.05) is 6.07 Å². The Kier molecular flexibility index (Phi) is 4.26. The van der Waals surface area contributed by atoms with Gasteiger partial charge in [-0.05, 0) is 47.6 Å². The number of aromatic hydroxyl groups is 1. The van der Waals surface area contributed by atoms with Gasteiger partial charge in [0.2, 0.25) is 0 Å². The Morgan fingerprint density at radius 3 is 1.89 bits per heavy atom. The number of phenols is 1. The third kappa shape index (κ3) is 2.51. The second-order valence-electron chi connectivity index (χ2n) is 4.81. The second-order valence-corrected chi connectivity index (χ2v) is 4.81. The highest BCUT2D eigenvalue weighted by Crippen LogP contribution is 2.34. The van der Waals surface area contributed by atoms with Gasteiger partial charge in [-0.25, -0.2) is 0 Å². The lowest BCUT2D eigenvalue weighted by Crippen LogP contribution is -1.97. The normalized spacial score (nSPS) is 10.7. The van der Waals surface area contributed by atoms with Gasteiger partial charge in [-0.1, -0.05) is 51.1 Å². The summed E-state index contributed by atoms with van der Waals surface area (Å²) in [6.07, 6.45) is 2.93. The van der Waals surface area contributed by atoms with Gasteiger partial charge in [0.05, 0.1) is 0 Å². The molecule has 0 saturated carbocycles. The zero-order chi connectivity index (χ0) is 13.8. The third-order valence-corrected chi connectivity index (χ3v) is 3.80. The number of aryl methyl sites for hydroxylation is 1. The van der Waals surface area contributed by atoms with Gasteiger partial charge in [-0.2, -0.15) is 0 Å². The average Bonchev–Trinajstić information content (AvgIpc) is 2.45. The molecule has 0 bridgehead atoms. The van der Waals surface area contributed by atoms with E-state index in [1.165, 1.54) is 22.3 Å². The molecule has 0 radical (unpaired) electrons. The standard InChI is InChI=1S/C18H22O/c1-4-13-9-7-10-16(14(13)5-2)17-11-8-12-18(19)15(17)6-3/h7-12,19H,4-6H2,1-3H3. The van der Waals surface area contributed by atoms with Crippen molar-refractivity contribution in [3.63, 3.8) is 0 Å². The summed E-state index contributed by atoms with van der Waals surface area (Å²) in [4.78, 5) is 0. The summed E-state index contributed by atoms with van der Waals surface area (Å²) in [5.41, 5.74) is 6.31. The molecule has 0 fully saturated rings. The molecule has 0 amide bonds. The molecule has 0 spiro atoms. The van der Waals surface area contributed by atoms with Gasteiger partial charge in [0, 0.05) is 5.56 Å². The lowest BCUT2D eigenvalue weighted by atomic mass is 9.89. The molecule has 100 valence electrons. The van der Waals surface area contributed by atoms with Gasteiger partial charge >= 0.3 is 0 Å². The smallest absolute Gasteiger partial charge is 0.119 e. The minimum Gasteiger partial charge on any atom is -0.508 e. The molecule has 0 aliphatic rings. The van der Waals surface area contributed by atoms with E-state index in [4.69, 9.17) is 0 Å². The van der Waals surface area contributed by atoms with Crippen molar-refractivity contribution in [1.29, 1.82) is 0 Å². The molecule has 0 aliphatic heterocycles. The van der Waals surface area contributed by atoms with Gasteiger partial charge in [-0.15, -0.1) is 0 Å². The maximum Gasteiger partial charge on any atom is 0.119 e. The maximum absolute atomic E-state index is 10.0. The molecular weight excluding hydrogens is 232 g/mol. The zero-order valence-electron chi connectivity index (χ0n) is 12.0. The first-order chi connectivity index (χ1) is 9.22. The van der Waals surface area contributed by atoms with Crippen LogP contribution in [0.2, 0.25) is 0 Å². The monoisotopic (exact) mass is 254 g/mol. The fourth-order valence-electron chi connectivity index (χ4n) is 2.83. The first kappa shape index (κ1) is 13.7. The molecular formula is C18H22O. The summed E-state index contributed by atoms with van der Waals surface area (Å²) in [6, 6.07) is 12.3. The van der Waals surface area contributed by atoms with Crippen LogP contribution in [0.1, 0.15) is 37.5 Å². The Morgan fingerprint density at radius 1 is 0.737 bits per heavy atom. The van der Waals surface area contributed by atoms with Gasteiger partial charge in [0.1, 0.15) is 5.75 Å². The largest absolute Gasteiger partial charge is 0.508 e. The molecule has 1 nitrogen and oxygen atoms in total. The van der Waals surface area contributed by atoms with Crippen LogP contribution in [0.4, 0.5) is 0 Å². The number of hydrogen-bond donors (Lipinski definition) is 1. The van der Waals surface area contributed by atoms with Crippen molar-refractivity contribution in [3.8, 4) is 16.9 Å². The summed E-state index contributed by atoms with van der Waals surface area (Å²) in [7, 11) is 0. The van der Waals surface area contributed by atoms with Crippen LogP contribution < -0.4 is 0 Å². The van der Waals surface area contributed by atoms with Gasteiger partial charge < -0.3 is 5.11 Å². The Labute approximate surface area is 115 Å². The van der Waals surface area contributed by atoms with Crippen molar-refractivity contribution in [3.05, 3.63) is 53.1 Å². The number of hydrogen-bond acceptors (Lipinski definition) is 1. The molecule has 1 heteroatoms. The predicted octanol–water partition coefficient (Wildman–Crippen LogP) is 4.75. The Bertz CT molecular complexity index is 570. The van der Waals surface area contributed by atoms with Crippen molar-refractivity contribution in [2.45, 2.75) is 40.0 Å². The van der Waals surface area contributed by atoms with Crippen molar-refractivity contribution in [2.24, 2.45) is 0 Å². The Morgan fingerprint density at radius 2 is 1.32 bits per heavy atom. The van der Waals surface area contributed by atoms with Crippen LogP contribution in [0.3, 0.4) is 0 Å². The maximum atomic E-state index is 10.0. The molecule has 1 N–H and O–H groups in total. The lowest BCUT2D eigenvalue weighted by molar-refractivity contribution is 0.469. The fourth-order valence-corrected chi connectivity index (χ4v) is 2.83. The molecule has 0 atom stereocenters. The summed E-state index contributed by atoms with van der Waals surface area (Å²) in [6.45, 7) is 6.49. The van der Waals surface area contributed by atoms with Crippen LogP contribution in [0, 0.1) is 0 Å². The van der Waals surface area contributed by atoms with E-state index < -0.39 is 0 Å². The molecule has 0 unspecified atom stereocenters. The highest BCUT2D eigenvalue weighted by atomic mass is 16.3. The van der Waals surface area contributed by atoms with E-state index in [1.54, 1.807) is 6.07 Å². The molecule has 0 aromatic heterocycles. The van der Waals surface area contributed by atoms with E-state index in [2.05, 4.69) is 45.0 Å². The molecule has 0 saturated heterocycles. The first-order valence-corrected chi connectivity index (χ1v) is 7.14. The van der Waals surface area contributed by atoms with E-state index in [9.17, 15) is 5.11 Å². The number of rotatable bonds is 4. The molecule has 2 aromatic carbocycles. The lowest BCUT2D eigenvalue weighted by Gasteiger charge is -2.16. The van der Waals surface area contributed by atoms with Crippen LogP contribution in [-0.4, -0.2) is 5.11 Å². The van der Waals surface area contributed by atoms with E-state index in [-0.39, 0.29) is 0 Å². The molecule has 0 heterocycles. The minimum atomic E-state index is 0.406. The highest BCUT2D eigenvalue weighted by molar-refractivity contribution is 5.74. The average molecular weight is 254 g/mol. The summed E-state index contributed by atoms with van der Waals surface area (Å²) in [5, 5.41) is 10.0. The van der Waals surface area contributed by atoms with Crippen molar-refractivity contribution < 1.29 is 5.11 Å². The van der Waals surface area contributed by atoms with Crippen LogP contribution in [-0.2, 0) is 19.3 Å². The van der Waals surface area contributed by atoms with Crippen molar-refractivity contribution in [2.75, 3.05) is 0 Å². The number of phenolic OH excluding ortho intramolecular Hbond substituents is 1. The van der Waals surface area contributed by atoms with E-state index >= 15 is 0 Å². The Hall–Kier alpha value is -1.76. The van der Waals surface area contributed by atoms with Gasteiger partial charge in [0.15, 0.2) is 0 Å². The van der Waals surface area contributed by atoms with Crippen LogP contribution in [0.25, 0.3) is 11.1 Å². The van der Waals surface area contributed by atoms with Crippen LogP contribution in [0.5, 0.6) is 5.75 Å². The minimum absolute atomic E-state index is 0.406. The van der Waals surface area contributed by atoms with Crippen LogP contribution in [0.15, 0.2) is 36.4 Å². The molecule has 2 aromatic rings. The van der Waals surface area contributed by atoms with Crippen molar-refractivity contribution in [1.82, 2.24) is 0 Å². The van der Waals surface area contributed by atoms with Crippen LogP contribution >= 0.6 is 0 Å². The zero-order valence-corrected chi connectivity index (χ0v) is 12.0. The van der Waals surface area contributed by atoms with E-state index in [0.29, 0.717) is 5.75 Å². The Balaban J connectivity index is 2.68. The number of benzene rings is 2. The fraction of sp³-hybridized carbons (Fsp3) is 0.333. The molecule has 2 rings (SSSR count). The topological polar surface area (TPSA) is 20.2 Å². The second kappa shape index (κ2) is 5.92.